The van der Waals surface area contributed by atoms with Crippen molar-refractivity contribution < 1.29 is 23.7 Å². The average Bonchev–Trinajstić information content (AvgIpc) is 3.46. The Bertz CT molecular complexity index is 1350. The van der Waals surface area contributed by atoms with Crippen molar-refractivity contribution >= 4 is 34.3 Å². The first-order chi connectivity index (χ1) is 20.2. The number of esters is 1. The summed E-state index contributed by atoms with van der Waals surface area (Å²) in [5.41, 5.74) is 15.4. The summed E-state index contributed by atoms with van der Waals surface area (Å²) in [6.07, 6.45) is 4.89. The zero-order chi connectivity index (χ0) is 30.2. The number of nitrogens with two attached hydrogens (primary N) is 2. The number of benzene rings is 2. The molecule has 3 aromatic rings. The van der Waals surface area contributed by atoms with Gasteiger partial charge in [-0.2, -0.15) is 4.98 Å². The van der Waals surface area contributed by atoms with Gasteiger partial charge in [0.05, 0.1) is 19.7 Å². The predicted octanol–water partition coefficient (Wildman–Crippen LogP) is 4.60. The van der Waals surface area contributed by atoms with Crippen LogP contribution in [0.3, 0.4) is 0 Å². The van der Waals surface area contributed by atoms with E-state index in [2.05, 4.69) is 34.4 Å². The summed E-state index contributed by atoms with van der Waals surface area (Å²) in [6.45, 7) is 7.48. The minimum atomic E-state index is -0.373. The molecule has 0 spiro atoms. The molecule has 0 saturated heterocycles. The fraction of sp³-hybridized carbons (Fsp3) is 0.516. The Labute approximate surface area is 247 Å². The number of aromatic nitrogens is 2. The van der Waals surface area contributed by atoms with Gasteiger partial charge in [-0.05, 0) is 62.1 Å². The lowest BCUT2D eigenvalue weighted by Crippen LogP contribution is -2.42. The number of methoxy groups -OCH3 is 2. The van der Waals surface area contributed by atoms with Gasteiger partial charge in [0.1, 0.15) is 24.6 Å². The summed E-state index contributed by atoms with van der Waals surface area (Å²) in [5, 5.41) is 7.55. The average molecular weight is 581 g/mol. The maximum absolute atomic E-state index is 12.8. The highest BCUT2D eigenvalue weighted by molar-refractivity contribution is 5.92. The van der Waals surface area contributed by atoms with Gasteiger partial charge in [-0.25, -0.2) is 4.98 Å². The largest absolute Gasteiger partial charge is 0.493 e. The number of nitrogen functional groups attached to an aromatic ring is 2. The number of hydrogen-bond acceptors (Lipinski definition) is 11. The number of anilines is 3. The first kappa shape index (κ1) is 31.0. The summed E-state index contributed by atoms with van der Waals surface area (Å²) in [4.78, 5) is 21.2. The summed E-state index contributed by atoms with van der Waals surface area (Å²) in [5.74, 6) is 2.23. The molecule has 0 unspecified atom stereocenters. The highest BCUT2D eigenvalue weighted by Gasteiger charge is 2.26. The number of ether oxygens (including phenoxy) is 4. The van der Waals surface area contributed by atoms with Crippen LogP contribution in [0.25, 0.3) is 10.9 Å². The molecule has 1 aliphatic rings. The third-order valence-corrected chi connectivity index (χ3v) is 7.54. The standard InChI is InChI=1S/C31H44N6O5/c1-18(2)14-24(30(38)42-22-8-6-7-9-22)34-12-13-41-28-25(39-4)15-21(16-26(28)40-5)35-17-20-10-11-23-27(19(20)3)29(32)37-31(33)36-23/h10-11,15-16,18,22,24,34-35H,6-9,12-14,17H2,1-5H3,(H4,32,33,36,37)/t24-/m1/s1. The molecule has 1 atom stereocenters. The molecule has 11 heteroatoms. The lowest BCUT2D eigenvalue weighted by atomic mass is 10.0. The summed E-state index contributed by atoms with van der Waals surface area (Å²) in [7, 11) is 3.17. The van der Waals surface area contributed by atoms with Crippen LogP contribution in [0.5, 0.6) is 17.2 Å². The molecule has 2 aromatic carbocycles. The molecule has 42 heavy (non-hydrogen) atoms. The van der Waals surface area contributed by atoms with Gasteiger partial charge in [0, 0.05) is 36.3 Å². The van der Waals surface area contributed by atoms with Crippen molar-refractivity contribution in [2.24, 2.45) is 5.92 Å². The Hall–Kier alpha value is -3.99. The van der Waals surface area contributed by atoms with Crippen molar-refractivity contribution in [2.75, 3.05) is 44.2 Å². The number of carbonyl (C=O) groups excluding carboxylic acids is 1. The molecule has 0 aliphatic heterocycles. The lowest BCUT2D eigenvalue weighted by Gasteiger charge is -2.22. The third kappa shape index (κ3) is 7.64. The van der Waals surface area contributed by atoms with Crippen molar-refractivity contribution in [1.82, 2.24) is 15.3 Å². The fourth-order valence-corrected chi connectivity index (χ4v) is 5.37. The van der Waals surface area contributed by atoms with Gasteiger partial charge in [-0.1, -0.05) is 19.9 Å². The van der Waals surface area contributed by atoms with E-state index in [9.17, 15) is 4.79 Å². The first-order valence-electron chi connectivity index (χ1n) is 14.6. The maximum atomic E-state index is 12.8. The van der Waals surface area contributed by atoms with Crippen LogP contribution in [0.2, 0.25) is 0 Å². The Kier molecular flexibility index (Phi) is 10.5. The molecule has 0 radical (unpaired) electrons. The molecular formula is C31H44N6O5. The third-order valence-electron chi connectivity index (χ3n) is 7.54. The highest BCUT2D eigenvalue weighted by Crippen LogP contribution is 2.40. The Morgan fingerprint density at radius 2 is 1.76 bits per heavy atom. The number of hydrogen-bond donors (Lipinski definition) is 4. The van der Waals surface area contributed by atoms with Gasteiger partial charge < -0.3 is 41.0 Å². The molecule has 1 heterocycles. The Balaban J connectivity index is 1.39. The van der Waals surface area contributed by atoms with Crippen LogP contribution >= 0.6 is 0 Å². The molecule has 1 fully saturated rings. The Morgan fingerprint density at radius 3 is 2.40 bits per heavy atom. The van der Waals surface area contributed by atoms with Gasteiger partial charge in [0.15, 0.2) is 11.5 Å². The van der Waals surface area contributed by atoms with E-state index in [1.165, 1.54) is 0 Å². The molecule has 1 aliphatic carbocycles. The minimum Gasteiger partial charge on any atom is -0.493 e. The summed E-state index contributed by atoms with van der Waals surface area (Å²) >= 11 is 0. The molecule has 1 saturated carbocycles. The monoisotopic (exact) mass is 580 g/mol. The fourth-order valence-electron chi connectivity index (χ4n) is 5.37. The van der Waals surface area contributed by atoms with Gasteiger partial charge in [0.25, 0.3) is 0 Å². The smallest absolute Gasteiger partial charge is 0.323 e. The van der Waals surface area contributed by atoms with Crippen molar-refractivity contribution in [3.8, 4) is 17.2 Å². The van der Waals surface area contributed by atoms with E-state index in [4.69, 9.17) is 30.4 Å². The second kappa shape index (κ2) is 14.3. The van der Waals surface area contributed by atoms with Crippen LogP contribution in [0.4, 0.5) is 17.5 Å². The quantitative estimate of drug-likeness (QED) is 0.156. The molecule has 6 N–H and O–H groups in total. The van der Waals surface area contributed by atoms with Crippen LogP contribution in [-0.4, -0.2) is 55.5 Å². The number of carbonyl (C=O) groups is 1. The van der Waals surface area contributed by atoms with Gasteiger partial charge in [-0.15, -0.1) is 0 Å². The van der Waals surface area contributed by atoms with Crippen LogP contribution in [-0.2, 0) is 16.1 Å². The second-order valence-corrected chi connectivity index (χ2v) is 11.1. The van der Waals surface area contributed by atoms with Crippen LogP contribution in [0.1, 0.15) is 57.1 Å². The molecule has 0 bridgehead atoms. The Morgan fingerprint density at radius 1 is 1.07 bits per heavy atom. The van der Waals surface area contributed by atoms with Crippen molar-refractivity contribution in [3.05, 3.63) is 35.4 Å². The SMILES string of the molecule is COc1cc(NCc2ccc3nc(N)nc(N)c3c2C)cc(OC)c1OCCN[C@H](CC(C)C)C(=O)OC1CCCC1. The van der Waals surface area contributed by atoms with E-state index >= 15 is 0 Å². The summed E-state index contributed by atoms with van der Waals surface area (Å²) < 4.78 is 23.2. The highest BCUT2D eigenvalue weighted by atomic mass is 16.5. The molecule has 1 aromatic heterocycles. The zero-order valence-electron chi connectivity index (χ0n) is 25.3. The van der Waals surface area contributed by atoms with Crippen LogP contribution in [0.15, 0.2) is 24.3 Å². The maximum Gasteiger partial charge on any atom is 0.323 e. The van der Waals surface area contributed by atoms with E-state index in [1.807, 2.05) is 31.2 Å². The van der Waals surface area contributed by atoms with Crippen LogP contribution < -0.4 is 36.3 Å². The number of nitrogens with zero attached hydrogens (tertiary/aromatic N) is 2. The van der Waals surface area contributed by atoms with Gasteiger partial charge >= 0.3 is 5.97 Å². The van der Waals surface area contributed by atoms with E-state index in [-0.39, 0.29) is 24.1 Å². The first-order valence-corrected chi connectivity index (χ1v) is 14.6. The molecule has 4 rings (SSSR count). The topological polar surface area (TPSA) is 156 Å². The molecular weight excluding hydrogens is 536 g/mol. The van der Waals surface area contributed by atoms with E-state index in [0.717, 1.165) is 47.9 Å². The minimum absolute atomic E-state index is 0.0440. The molecule has 228 valence electrons. The predicted molar refractivity (Wildman–Crippen MR) is 165 cm³/mol. The van der Waals surface area contributed by atoms with Gasteiger partial charge in [-0.3, -0.25) is 4.79 Å². The second-order valence-electron chi connectivity index (χ2n) is 11.1. The molecule has 11 nitrogen and oxygen atoms in total. The number of aryl methyl sites for hydroxylation is 1. The number of rotatable bonds is 14. The lowest BCUT2D eigenvalue weighted by molar-refractivity contribution is -0.151. The zero-order valence-corrected chi connectivity index (χ0v) is 25.3. The van der Waals surface area contributed by atoms with Crippen molar-refractivity contribution in [2.45, 2.75) is 71.6 Å². The van der Waals surface area contributed by atoms with E-state index in [0.29, 0.717) is 60.6 Å². The number of fused-ring (bicyclic) bond motifs is 1. The number of nitrogens with one attached hydrogen (secondary N) is 2. The van der Waals surface area contributed by atoms with E-state index in [1.54, 1.807) is 14.2 Å². The van der Waals surface area contributed by atoms with Crippen LogP contribution in [0, 0.1) is 12.8 Å². The summed E-state index contributed by atoms with van der Waals surface area (Å²) in [6, 6.07) is 7.23. The normalized spacial score (nSPS) is 14.2. The van der Waals surface area contributed by atoms with Crippen molar-refractivity contribution in [1.29, 1.82) is 0 Å². The molecule has 0 amide bonds. The van der Waals surface area contributed by atoms with E-state index < -0.39 is 0 Å². The van der Waals surface area contributed by atoms with Crippen molar-refractivity contribution in [3.63, 3.8) is 0 Å². The van der Waals surface area contributed by atoms with Gasteiger partial charge in [0.2, 0.25) is 11.7 Å².